The maximum Gasteiger partial charge on any atom is 0.245 e. The van der Waals surface area contributed by atoms with E-state index in [2.05, 4.69) is 10.0 Å². The molecule has 0 unspecified atom stereocenters. The van der Waals surface area contributed by atoms with Gasteiger partial charge in [-0.2, -0.15) is 4.72 Å². The van der Waals surface area contributed by atoms with Gasteiger partial charge in [-0.3, -0.25) is 4.79 Å². The van der Waals surface area contributed by atoms with Crippen LogP contribution in [-0.4, -0.2) is 33.5 Å². The van der Waals surface area contributed by atoms with E-state index in [-0.39, 0.29) is 34.0 Å². The summed E-state index contributed by atoms with van der Waals surface area (Å²) in [5, 5.41) is 3.37. The lowest BCUT2D eigenvalue weighted by Crippen LogP contribution is -2.50. The van der Waals surface area contributed by atoms with Gasteiger partial charge in [-0.25, -0.2) is 8.42 Å². The fourth-order valence-corrected chi connectivity index (χ4v) is 5.68. The van der Waals surface area contributed by atoms with Crippen molar-refractivity contribution in [3.05, 3.63) is 59.1 Å². The molecule has 1 fully saturated rings. The number of nitrogens with one attached hydrogen (secondary N) is 2. The molecule has 0 radical (unpaired) electrons. The third-order valence-electron chi connectivity index (χ3n) is 5.76. The molecule has 0 aliphatic heterocycles. The molecule has 1 atom stereocenters. The molecular weight excluding hydrogens is 448 g/mol. The Morgan fingerprint density at radius 1 is 1.06 bits per heavy atom. The molecule has 0 saturated heterocycles. The third-order valence-corrected chi connectivity index (χ3v) is 7.49. The Balaban J connectivity index is 1.83. The fraction of sp³-hybridized carbons (Fsp3) is 0.458. The van der Waals surface area contributed by atoms with E-state index in [9.17, 15) is 13.2 Å². The molecule has 1 aliphatic carbocycles. The third kappa shape index (κ3) is 6.95. The SMILES string of the molecule is COc1ccc(Cl)cc1S(=O)(=O)N[C@H](Cc1ccccc1)C(=O)NC1CCCCCCC1. The van der Waals surface area contributed by atoms with Gasteiger partial charge < -0.3 is 10.1 Å². The summed E-state index contributed by atoms with van der Waals surface area (Å²) in [4.78, 5) is 13.2. The average molecular weight is 479 g/mol. The van der Waals surface area contributed by atoms with Crippen molar-refractivity contribution < 1.29 is 17.9 Å². The summed E-state index contributed by atoms with van der Waals surface area (Å²) in [6, 6.07) is 12.9. The van der Waals surface area contributed by atoms with Crippen LogP contribution in [0.2, 0.25) is 5.02 Å². The van der Waals surface area contributed by atoms with Gasteiger partial charge in [0.05, 0.1) is 7.11 Å². The van der Waals surface area contributed by atoms with Crippen LogP contribution in [0.5, 0.6) is 5.75 Å². The topological polar surface area (TPSA) is 84.5 Å². The largest absolute Gasteiger partial charge is 0.495 e. The van der Waals surface area contributed by atoms with E-state index in [1.165, 1.54) is 38.5 Å². The summed E-state index contributed by atoms with van der Waals surface area (Å²) < 4.78 is 34.3. The predicted octanol–water partition coefficient (Wildman–Crippen LogP) is 4.47. The van der Waals surface area contributed by atoms with Crippen molar-refractivity contribution in [1.29, 1.82) is 0 Å². The molecule has 8 heteroatoms. The summed E-state index contributed by atoms with van der Waals surface area (Å²) in [7, 11) is -2.67. The minimum absolute atomic E-state index is 0.0614. The van der Waals surface area contributed by atoms with Crippen LogP contribution in [0.15, 0.2) is 53.4 Å². The van der Waals surface area contributed by atoms with Gasteiger partial charge in [-0.15, -0.1) is 0 Å². The van der Waals surface area contributed by atoms with Crippen LogP contribution < -0.4 is 14.8 Å². The lowest BCUT2D eigenvalue weighted by Gasteiger charge is -2.25. The first-order valence-corrected chi connectivity index (χ1v) is 13.0. The number of carbonyl (C=O) groups is 1. The number of halogens is 1. The summed E-state index contributed by atoms with van der Waals surface area (Å²) in [6.07, 6.45) is 7.78. The van der Waals surface area contributed by atoms with E-state index >= 15 is 0 Å². The predicted molar refractivity (Wildman–Crippen MR) is 127 cm³/mol. The number of amides is 1. The number of sulfonamides is 1. The zero-order valence-electron chi connectivity index (χ0n) is 18.3. The van der Waals surface area contributed by atoms with Gasteiger partial charge in [0.25, 0.3) is 0 Å². The molecule has 1 saturated carbocycles. The highest BCUT2D eigenvalue weighted by Crippen LogP contribution is 2.27. The molecule has 0 heterocycles. The van der Waals surface area contributed by atoms with Gasteiger partial charge in [-0.05, 0) is 43.0 Å². The van der Waals surface area contributed by atoms with Crippen LogP contribution in [0.1, 0.15) is 50.5 Å². The summed E-state index contributed by atoms with van der Waals surface area (Å²) in [5.74, 6) is -0.148. The van der Waals surface area contributed by atoms with Crippen LogP contribution >= 0.6 is 11.6 Å². The highest BCUT2D eigenvalue weighted by molar-refractivity contribution is 7.89. The van der Waals surface area contributed by atoms with Crippen molar-refractivity contribution in [3.63, 3.8) is 0 Å². The van der Waals surface area contributed by atoms with E-state index in [0.29, 0.717) is 0 Å². The number of hydrogen-bond donors (Lipinski definition) is 2. The fourth-order valence-electron chi connectivity index (χ4n) is 4.05. The minimum Gasteiger partial charge on any atom is -0.495 e. The van der Waals surface area contributed by atoms with E-state index in [4.69, 9.17) is 16.3 Å². The van der Waals surface area contributed by atoms with Gasteiger partial charge in [0.2, 0.25) is 15.9 Å². The monoisotopic (exact) mass is 478 g/mol. The molecule has 1 aliphatic rings. The Bertz CT molecular complexity index is 990. The Morgan fingerprint density at radius 2 is 1.72 bits per heavy atom. The van der Waals surface area contributed by atoms with Crippen molar-refractivity contribution in [1.82, 2.24) is 10.0 Å². The van der Waals surface area contributed by atoms with Crippen LogP contribution in [-0.2, 0) is 21.2 Å². The first-order chi connectivity index (χ1) is 15.4. The van der Waals surface area contributed by atoms with Crippen molar-refractivity contribution in [3.8, 4) is 5.75 Å². The van der Waals surface area contributed by atoms with Gasteiger partial charge in [0, 0.05) is 11.1 Å². The molecule has 32 heavy (non-hydrogen) atoms. The molecule has 3 rings (SSSR count). The lowest BCUT2D eigenvalue weighted by molar-refractivity contribution is -0.123. The molecule has 1 amide bonds. The Morgan fingerprint density at radius 3 is 2.38 bits per heavy atom. The van der Waals surface area contributed by atoms with E-state index < -0.39 is 16.1 Å². The first kappa shape index (κ1) is 24.6. The Labute approximate surface area is 195 Å². The second kappa shape index (κ2) is 11.7. The van der Waals surface area contributed by atoms with Crippen LogP contribution in [0.4, 0.5) is 0 Å². The van der Waals surface area contributed by atoms with Crippen LogP contribution in [0, 0.1) is 0 Å². The summed E-state index contributed by atoms with van der Waals surface area (Å²) in [5.41, 5.74) is 0.867. The second-order valence-corrected chi connectivity index (χ2v) is 10.3. The number of rotatable bonds is 8. The number of methoxy groups -OCH3 is 1. The molecule has 2 N–H and O–H groups in total. The maximum absolute atomic E-state index is 13.2. The number of ether oxygens (including phenoxy) is 1. The number of benzene rings is 2. The quantitative estimate of drug-likeness (QED) is 0.586. The number of hydrogen-bond acceptors (Lipinski definition) is 4. The Kier molecular flexibility index (Phi) is 8.96. The Hall–Kier alpha value is -2.09. The minimum atomic E-state index is -4.06. The standard InChI is InChI=1S/C24H31ClN2O4S/c1-31-22-15-14-19(25)17-23(22)32(29,30)27-21(16-18-10-6-5-7-11-18)24(28)26-20-12-8-3-2-4-9-13-20/h5-7,10-11,14-15,17,20-21,27H,2-4,8-9,12-13,16H2,1H3,(H,26,28)/t21-/m1/s1. The first-order valence-electron chi connectivity index (χ1n) is 11.1. The zero-order valence-corrected chi connectivity index (χ0v) is 19.9. The summed E-state index contributed by atoms with van der Waals surface area (Å²) in [6.45, 7) is 0. The smallest absolute Gasteiger partial charge is 0.245 e. The molecule has 0 spiro atoms. The van der Waals surface area contributed by atoms with Crippen molar-refractivity contribution in [2.45, 2.75) is 68.3 Å². The molecule has 174 valence electrons. The van der Waals surface area contributed by atoms with E-state index in [0.717, 1.165) is 31.2 Å². The molecule has 2 aromatic rings. The van der Waals surface area contributed by atoms with Crippen molar-refractivity contribution in [2.75, 3.05) is 7.11 Å². The average Bonchev–Trinajstić information content (AvgIpc) is 2.75. The summed E-state index contributed by atoms with van der Waals surface area (Å²) >= 11 is 6.04. The molecule has 6 nitrogen and oxygen atoms in total. The molecule has 0 aromatic heterocycles. The van der Waals surface area contributed by atoms with Crippen LogP contribution in [0.25, 0.3) is 0 Å². The molecule has 2 aromatic carbocycles. The van der Waals surface area contributed by atoms with Gasteiger partial charge in [0.1, 0.15) is 16.7 Å². The zero-order chi connectivity index (χ0) is 23.0. The number of carbonyl (C=O) groups excluding carboxylic acids is 1. The van der Waals surface area contributed by atoms with E-state index in [1.807, 2.05) is 30.3 Å². The van der Waals surface area contributed by atoms with E-state index in [1.54, 1.807) is 6.07 Å². The molecule has 0 bridgehead atoms. The van der Waals surface area contributed by atoms with Crippen molar-refractivity contribution in [2.24, 2.45) is 0 Å². The van der Waals surface area contributed by atoms with Gasteiger partial charge in [-0.1, -0.05) is 74.0 Å². The van der Waals surface area contributed by atoms with Crippen LogP contribution in [0.3, 0.4) is 0 Å². The molecular formula is C24H31ClN2O4S. The van der Waals surface area contributed by atoms with Gasteiger partial charge in [0.15, 0.2) is 0 Å². The normalized spacial score (nSPS) is 16.6. The lowest BCUT2D eigenvalue weighted by atomic mass is 9.96. The second-order valence-electron chi connectivity index (χ2n) is 8.21. The maximum atomic E-state index is 13.2. The van der Waals surface area contributed by atoms with Crippen molar-refractivity contribution >= 4 is 27.5 Å². The van der Waals surface area contributed by atoms with Gasteiger partial charge >= 0.3 is 0 Å². The highest BCUT2D eigenvalue weighted by Gasteiger charge is 2.29. The highest BCUT2D eigenvalue weighted by atomic mass is 35.5.